The molecule has 19 heavy (non-hydrogen) atoms. The summed E-state index contributed by atoms with van der Waals surface area (Å²) in [7, 11) is -3.80. The molecule has 0 aliphatic carbocycles. The molecule has 0 fully saturated rings. The number of carboxylic acid groups (broad SMARTS) is 1. The van der Waals surface area contributed by atoms with Crippen LogP contribution >= 0.6 is 0 Å². The van der Waals surface area contributed by atoms with Gasteiger partial charge in [0.25, 0.3) is 0 Å². The lowest BCUT2D eigenvalue weighted by Crippen LogP contribution is -2.38. The lowest BCUT2D eigenvalue weighted by Gasteiger charge is -2.25. The Balaban J connectivity index is 3.17. The standard InChI is InChI=1S/C11H18N2O5S/c1-7(2)13(6-5-10(14)15)19(16,17)11-8(3)12-18-9(11)4/h7H,5-6H2,1-4H3,(H,14,15). The van der Waals surface area contributed by atoms with E-state index in [4.69, 9.17) is 9.63 Å². The molecular weight excluding hydrogens is 272 g/mol. The summed E-state index contributed by atoms with van der Waals surface area (Å²) in [5.74, 6) is -0.835. The van der Waals surface area contributed by atoms with Gasteiger partial charge in [0, 0.05) is 12.6 Å². The lowest BCUT2D eigenvalue weighted by atomic mass is 10.3. The minimum absolute atomic E-state index is 0.0200. The van der Waals surface area contributed by atoms with E-state index in [2.05, 4.69) is 5.16 Å². The van der Waals surface area contributed by atoms with Crippen LogP contribution in [0.1, 0.15) is 31.7 Å². The van der Waals surface area contributed by atoms with Crippen LogP contribution in [0.25, 0.3) is 0 Å². The van der Waals surface area contributed by atoms with E-state index in [9.17, 15) is 13.2 Å². The van der Waals surface area contributed by atoms with Crippen LogP contribution in [-0.4, -0.2) is 41.5 Å². The fraction of sp³-hybridized carbons (Fsp3) is 0.636. The number of aryl methyl sites for hydroxylation is 2. The molecule has 1 aromatic rings. The molecule has 0 unspecified atom stereocenters. The first-order chi connectivity index (χ1) is 8.67. The van der Waals surface area contributed by atoms with Crippen LogP contribution < -0.4 is 0 Å². The van der Waals surface area contributed by atoms with E-state index in [1.165, 1.54) is 6.92 Å². The van der Waals surface area contributed by atoms with Gasteiger partial charge in [0.05, 0.1) is 6.42 Å². The topological polar surface area (TPSA) is 101 Å². The molecule has 0 radical (unpaired) electrons. The van der Waals surface area contributed by atoms with E-state index in [1.807, 2.05) is 0 Å². The smallest absolute Gasteiger partial charge is 0.304 e. The molecule has 0 saturated heterocycles. The normalized spacial score (nSPS) is 12.3. The van der Waals surface area contributed by atoms with Crippen LogP contribution in [0.5, 0.6) is 0 Å². The number of carboxylic acids is 1. The molecule has 0 saturated carbocycles. The van der Waals surface area contributed by atoms with Crippen LogP contribution in [0.3, 0.4) is 0 Å². The summed E-state index contributed by atoms with van der Waals surface area (Å²) in [6.45, 7) is 6.36. The maximum absolute atomic E-state index is 12.5. The molecule has 108 valence electrons. The molecule has 0 aliphatic heterocycles. The van der Waals surface area contributed by atoms with Crippen LogP contribution in [0.4, 0.5) is 0 Å². The van der Waals surface area contributed by atoms with Crippen molar-refractivity contribution in [3.8, 4) is 0 Å². The van der Waals surface area contributed by atoms with Crippen molar-refractivity contribution >= 4 is 16.0 Å². The van der Waals surface area contributed by atoms with E-state index >= 15 is 0 Å². The Morgan fingerprint density at radius 2 is 2.00 bits per heavy atom. The summed E-state index contributed by atoms with van der Waals surface area (Å²) >= 11 is 0. The number of rotatable bonds is 6. The third-order valence-electron chi connectivity index (χ3n) is 2.66. The Bertz CT molecular complexity index is 542. The Morgan fingerprint density at radius 3 is 2.37 bits per heavy atom. The quantitative estimate of drug-likeness (QED) is 0.843. The van der Waals surface area contributed by atoms with Gasteiger partial charge < -0.3 is 9.63 Å². The zero-order chi connectivity index (χ0) is 14.8. The summed E-state index contributed by atoms with van der Waals surface area (Å²) in [5.41, 5.74) is 0.276. The van der Waals surface area contributed by atoms with Crippen LogP contribution in [0.2, 0.25) is 0 Å². The highest BCUT2D eigenvalue weighted by molar-refractivity contribution is 7.89. The highest BCUT2D eigenvalue weighted by Gasteiger charge is 2.32. The highest BCUT2D eigenvalue weighted by Crippen LogP contribution is 2.24. The molecule has 0 bridgehead atoms. The SMILES string of the molecule is Cc1noc(C)c1S(=O)(=O)N(CCC(=O)O)C(C)C. The maximum atomic E-state index is 12.5. The van der Waals surface area contributed by atoms with E-state index in [0.29, 0.717) is 0 Å². The monoisotopic (exact) mass is 290 g/mol. The largest absolute Gasteiger partial charge is 0.481 e. The predicted molar refractivity (Wildman–Crippen MR) is 67.3 cm³/mol. The number of sulfonamides is 1. The van der Waals surface area contributed by atoms with E-state index in [-0.39, 0.29) is 35.4 Å². The summed E-state index contributed by atoms with van der Waals surface area (Å²) < 4.78 is 31.1. The first kappa shape index (κ1) is 15.6. The Kier molecular flexibility index (Phi) is 4.70. The number of hydrogen-bond acceptors (Lipinski definition) is 5. The summed E-state index contributed by atoms with van der Waals surface area (Å²) in [4.78, 5) is 10.6. The van der Waals surface area contributed by atoms with Gasteiger partial charge in [-0.1, -0.05) is 5.16 Å². The molecule has 1 aromatic heterocycles. The van der Waals surface area contributed by atoms with Crippen LogP contribution in [0.15, 0.2) is 9.42 Å². The van der Waals surface area contributed by atoms with E-state index < -0.39 is 16.0 Å². The number of hydrogen-bond donors (Lipinski definition) is 1. The fourth-order valence-corrected chi connectivity index (χ4v) is 3.75. The fourth-order valence-electron chi connectivity index (χ4n) is 1.82. The molecule has 1 heterocycles. The highest BCUT2D eigenvalue weighted by atomic mass is 32.2. The molecule has 0 atom stereocenters. The van der Waals surface area contributed by atoms with Crippen molar-refractivity contribution in [1.29, 1.82) is 0 Å². The minimum Gasteiger partial charge on any atom is -0.481 e. The minimum atomic E-state index is -3.80. The zero-order valence-corrected chi connectivity index (χ0v) is 12.2. The Labute approximate surface area is 112 Å². The molecule has 0 spiro atoms. The zero-order valence-electron chi connectivity index (χ0n) is 11.4. The molecule has 8 heteroatoms. The van der Waals surface area contributed by atoms with Gasteiger partial charge in [-0.3, -0.25) is 4.79 Å². The van der Waals surface area contributed by atoms with Gasteiger partial charge in [-0.25, -0.2) is 8.42 Å². The van der Waals surface area contributed by atoms with Crippen molar-refractivity contribution in [1.82, 2.24) is 9.46 Å². The van der Waals surface area contributed by atoms with Crippen molar-refractivity contribution in [2.45, 2.75) is 45.1 Å². The van der Waals surface area contributed by atoms with Gasteiger partial charge in [0.2, 0.25) is 10.0 Å². The van der Waals surface area contributed by atoms with Gasteiger partial charge in [0.1, 0.15) is 10.6 Å². The average molecular weight is 290 g/mol. The first-order valence-electron chi connectivity index (χ1n) is 5.84. The first-order valence-corrected chi connectivity index (χ1v) is 7.28. The van der Waals surface area contributed by atoms with Gasteiger partial charge in [-0.05, 0) is 27.7 Å². The third kappa shape index (κ3) is 3.32. The molecule has 7 nitrogen and oxygen atoms in total. The van der Waals surface area contributed by atoms with Crippen molar-refractivity contribution in [3.05, 3.63) is 11.5 Å². The van der Waals surface area contributed by atoms with Crippen molar-refractivity contribution < 1.29 is 22.8 Å². The van der Waals surface area contributed by atoms with Crippen molar-refractivity contribution in [3.63, 3.8) is 0 Å². The molecule has 0 aliphatic rings. The van der Waals surface area contributed by atoms with Crippen LogP contribution in [-0.2, 0) is 14.8 Å². The number of aliphatic carboxylic acids is 1. The van der Waals surface area contributed by atoms with Gasteiger partial charge in [-0.15, -0.1) is 0 Å². The average Bonchev–Trinajstić information content (AvgIpc) is 2.57. The second-order valence-corrected chi connectivity index (χ2v) is 6.33. The number of nitrogens with zero attached hydrogens (tertiary/aromatic N) is 2. The summed E-state index contributed by atoms with van der Waals surface area (Å²) in [6.07, 6.45) is -0.249. The van der Waals surface area contributed by atoms with Crippen molar-refractivity contribution in [2.24, 2.45) is 0 Å². The molecule has 0 aromatic carbocycles. The lowest BCUT2D eigenvalue weighted by molar-refractivity contribution is -0.137. The van der Waals surface area contributed by atoms with Gasteiger partial charge >= 0.3 is 5.97 Å². The molecule has 0 amide bonds. The second kappa shape index (κ2) is 5.70. The van der Waals surface area contributed by atoms with Crippen LogP contribution in [0, 0.1) is 13.8 Å². The van der Waals surface area contributed by atoms with Gasteiger partial charge in [0.15, 0.2) is 5.76 Å². The van der Waals surface area contributed by atoms with E-state index in [0.717, 1.165) is 4.31 Å². The predicted octanol–water partition coefficient (Wildman–Crippen LogP) is 1.17. The molecular formula is C11H18N2O5S. The Morgan fingerprint density at radius 1 is 1.42 bits per heavy atom. The Hall–Kier alpha value is -1.41. The van der Waals surface area contributed by atoms with Gasteiger partial charge in [-0.2, -0.15) is 4.31 Å². The number of carbonyl (C=O) groups is 1. The third-order valence-corrected chi connectivity index (χ3v) is 4.98. The maximum Gasteiger partial charge on any atom is 0.304 e. The summed E-state index contributed by atoms with van der Waals surface area (Å²) in [5, 5.41) is 12.3. The second-order valence-electron chi connectivity index (χ2n) is 4.51. The van der Waals surface area contributed by atoms with E-state index in [1.54, 1.807) is 20.8 Å². The molecule has 1 rings (SSSR count). The summed E-state index contributed by atoms with van der Waals surface area (Å²) in [6, 6.07) is -0.349. The number of aromatic nitrogens is 1. The van der Waals surface area contributed by atoms with Crippen molar-refractivity contribution in [2.75, 3.05) is 6.54 Å². The molecule has 1 N–H and O–H groups in total.